The van der Waals surface area contributed by atoms with Gasteiger partial charge in [-0.05, 0) is 28.0 Å². The van der Waals surface area contributed by atoms with E-state index in [1.165, 1.54) is 11.1 Å². The van der Waals surface area contributed by atoms with Gasteiger partial charge in [0.15, 0.2) is 0 Å². The fourth-order valence-corrected chi connectivity index (χ4v) is 3.22. The van der Waals surface area contributed by atoms with Crippen molar-refractivity contribution in [3.8, 4) is 0 Å². The second-order valence-corrected chi connectivity index (χ2v) is 5.51. The number of nitrogens with one attached hydrogen (secondary N) is 1. The number of thiophene rings is 1. The maximum absolute atomic E-state index is 3.50. The maximum Gasteiger partial charge on any atom is 0.0476 e. The number of hydrogen-bond donors (Lipinski definition) is 1. The highest BCUT2D eigenvalue weighted by Gasteiger charge is 2.23. The van der Waals surface area contributed by atoms with Crippen molar-refractivity contribution < 1.29 is 0 Å². The molecule has 94 valence electrons. The molecule has 1 aliphatic heterocycles. The van der Waals surface area contributed by atoms with E-state index in [9.17, 15) is 0 Å². The van der Waals surface area contributed by atoms with E-state index >= 15 is 0 Å². The molecule has 0 saturated carbocycles. The van der Waals surface area contributed by atoms with E-state index in [1.807, 2.05) is 0 Å². The molecule has 1 atom stereocenters. The van der Waals surface area contributed by atoms with Crippen LogP contribution in [0.25, 0.3) is 0 Å². The lowest BCUT2D eigenvalue weighted by molar-refractivity contribution is 0.154. The van der Waals surface area contributed by atoms with Crippen LogP contribution in [0, 0.1) is 0 Å². The van der Waals surface area contributed by atoms with E-state index in [1.54, 1.807) is 11.3 Å². The average molecular weight is 258 g/mol. The van der Waals surface area contributed by atoms with Gasteiger partial charge >= 0.3 is 0 Å². The van der Waals surface area contributed by atoms with Gasteiger partial charge in [-0.1, -0.05) is 30.3 Å². The molecule has 3 heteroatoms. The van der Waals surface area contributed by atoms with Crippen LogP contribution in [0.15, 0.2) is 47.2 Å². The van der Waals surface area contributed by atoms with Gasteiger partial charge in [-0.3, -0.25) is 4.90 Å². The molecule has 2 nitrogen and oxygen atoms in total. The first-order valence-corrected chi connectivity index (χ1v) is 7.38. The van der Waals surface area contributed by atoms with Gasteiger partial charge in [-0.15, -0.1) is 0 Å². The van der Waals surface area contributed by atoms with Gasteiger partial charge in [0.1, 0.15) is 0 Å². The minimum absolute atomic E-state index is 0.500. The van der Waals surface area contributed by atoms with Crippen LogP contribution in [0.2, 0.25) is 0 Å². The molecule has 0 bridgehead atoms. The minimum atomic E-state index is 0.500. The van der Waals surface area contributed by atoms with Crippen molar-refractivity contribution in [3.63, 3.8) is 0 Å². The van der Waals surface area contributed by atoms with Crippen molar-refractivity contribution in [2.24, 2.45) is 0 Å². The predicted octanol–water partition coefficient (Wildman–Crippen LogP) is 2.89. The Morgan fingerprint density at radius 2 is 2.11 bits per heavy atom. The van der Waals surface area contributed by atoms with Gasteiger partial charge in [-0.2, -0.15) is 11.3 Å². The molecule has 0 spiro atoms. The Labute approximate surface area is 112 Å². The molecule has 1 fully saturated rings. The third-order valence-corrected chi connectivity index (χ3v) is 4.24. The normalized spacial score (nSPS) is 21.0. The Morgan fingerprint density at radius 3 is 2.89 bits per heavy atom. The molecule has 1 aliphatic rings. The summed E-state index contributed by atoms with van der Waals surface area (Å²) < 4.78 is 0. The summed E-state index contributed by atoms with van der Waals surface area (Å²) in [6, 6.07) is 13.5. The van der Waals surface area contributed by atoms with E-state index in [0.29, 0.717) is 6.04 Å². The zero-order chi connectivity index (χ0) is 12.2. The quantitative estimate of drug-likeness (QED) is 0.910. The molecule has 18 heavy (non-hydrogen) atoms. The second-order valence-electron chi connectivity index (χ2n) is 4.73. The smallest absolute Gasteiger partial charge is 0.0476 e. The highest BCUT2D eigenvalue weighted by molar-refractivity contribution is 7.07. The Kier molecular flexibility index (Phi) is 3.74. The van der Waals surface area contributed by atoms with Gasteiger partial charge in [0.05, 0.1) is 0 Å². The fraction of sp³-hybridized carbons (Fsp3) is 0.333. The molecule has 1 aromatic carbocycles. The van der Waals surface area contributed by atoms with Crippen molar-refractivity contribution in [2.75, 3.05) is 19.6 Å². The SMILES string of the molecule is c1ccc(C2CNCCN2Cc2ccsc2)cc1. The zero-order valence-electron chi connectivity index (χ0n) is 10.4. The first-order valence-electron chi connectivity index (χ1n) is 6.44. The van der Waals surface area contributed by atoms with Crippen LogP contribution in [-0.4, -0.2) is 24.5 Å². The number of piperazine rings is 1. The molecular formula is C15H18N2S. The van der Waals surface area contributed by atoms with Gasteiger partial charge in [-0.25, -0.2) is 0 Å². The number of hydrogen-bond acceptors (Lipinski definition) is 3. The number of rotatable bonds is 3. The largest absolute Gasteiger partial charge is 0.314 e. The number of benzene rings is 1. The molecule has 0 radical (unpaired) electrons. The molecule has 1 saturated heterocycles. The molecule has 2 aromatic rings. The fourth-order valence-electron chi connectivity index (χ4n) is 2.56. The van der Waals surface area contributed by atoms with Gasteiger partial charge in [0.25, 0.3) is 0 Å². The van der Waals surface area contributed by atoms with Crippen molar-refractivity contribution in [3.05, 3.63) is 58.3 Å². The molecular weight excluding hydrogens is 240 g/mol. The van der Waals surface area contributed by atoms with Crippen LogP contribution in [0.5, 0.6) is 0 Å². The molecule has 1 N–H and O–H groups in total. The average Bonchev–Trinajstić information content (AvgIpc) is 2.93. The maximum atomic E-state index is 3.50. The highest BCUT2D eigenvalue weighted by atomic mass is 32.1. The molecule has 1 unspecified atom stereocenters. The third-order valence-electron chi connectivity index (χ3n) is 3.50. The summed E-state index contributed by atoms with van der Waals surface area (Å²) in [7, 11) is 0. The summed E-state index contributed by atoms with van der Waals surface area (Å²) in [5, 5.41) is 7.92. The summed E-state index contributed by atoms with van der Waals surface area (Å²) in [5.74, 6) is 0. The first-order chi connectivity index (χ1) is 8.93. The summed E-state index contributed by atoms with van der Waals surface area (Å²) in [5.41, 5.74) is 2.85. The molecule has 0 aliphatic carbocycles. The third kappa shape index (κ3) is 2.64. The summed E-state index contributed by atoms with van der Waals surface area (Å²) in [6.45, 7) is 4.32. The van der Waals surface area contributed by atoms with E-state index in [0.717, 1.165) is 26.2 Å². The lowest BCUT2D eigenvalue weighted by atomic mass is 10.0. The molecule has 0 amide bonds. The molecule has 1 aromatic heterocycles. The summed E-state index contributed by atoms with van der Waals surface area (Å²) >= 11 is 1.78. The Bertz CT molecular complexity index is 467. The standard InChI is InChI=1S/C15H18N2S/c1-2-4-14(5-3-1)15-10-16-7-8-17(15)11-13-6-9-18-12-13/h1-6,9,12,15-16H,7-8,10-11H2. The lowest BCUT2D eigenvalue weighted by Gasteiger charge is -2.36. The van der Waals surface area contributed by atoms with Gasteiger partial charge in [0, 0.05) is 32.2 Å². The molecule has 3 rings (SSSR count). The number of nitrogens with zero attached hydrogens (tertiary/aromatic N) is 1. The van der Waals surface area contributed by atoms with Crippen LogP contribution in [0.3, 0.4) is 0 Å². The molecule has 2 heterocycles. The van der Waals surface area contributed by atoms with Crippen LogP contribution in [0.1, 0.15) is 17.2 Å². The zero-order valence-corrected chi connectivity index (χ0v) is 11.2. The summed E-state index contributed by atoms with van der Waals surface area (Å²) in [4.78, 5) is 2.58. The van der Waals surface area contributed by atoms with E-state index < -0.39 is 0 Å². The Morgan fingerprint density at radius 1 is 1.22 bits per heavy atom. The monoisotopic (exact) mass is 258 g/mol. The van der Waals surface area contributed by atoms with Gasteiger partial charge in [0.2, 0.25) is 0 Å². The Hall–Kier alpha value is -1.16. The van der Waals surface area contributed by atoms with Crippen LogP contribution >= 0.6 is 11.3 Å². The van der Waals surface area contributed by atoms with Crippen molar-refractivity contribution in [2.45, 2.75) is 12.6 Å². The summed E-state index contributed by atoms with van der Waals surface area (Å²) in [6.07, 6.45) is 0. The first kappa shape index (κ1) is 11.9. The van der Waals surface area contributed by atoms with E-state index in [4.69, 9.17) is 0 Å². The van der Waals surface area contributed by atoms with Crippen LogP contribution < -0.4 is 5.32 Å². The predicted molar refractivity (Wildman–Crippen MR) is 76.8 cm³/mol. The Balaban J connectivity index is 1.78. The topological polar surface area (TPSA) is 15.3 Å². The van der Waals surface area contributed by atoms with Crippen molar-refractivity contribution >= 4 is 11.3 Å². The van der Waals surface area contributed by atoms with Crippen molar-refractivity contribution in [1.82, 2.24) is 10.2 Å². The lowest BCUT2D eigenvalue weighted by Crippen LogP contribution is -2.45. The second kappa shape index (κ2) is 5.65. The van der Waals surface area contributed by atoms with E-state index in [-0.39, 0.29) is 0 Å². The van der Waals surface area contributed by atoms with Crippen LogP contribution in [0.4, 0.5) is 0 Å². The minimum Gasteiger partial charge on any atom is -0.314 e. The van der Waals surface area contributed by atoms with Crippen molar-refractivity contribution in [1.29, 1.82) is 0 Å². The highest BCUT2D eigenvalue weighted by Crippen LogP contribution is 2.24. The van der Waals surface area contributed by atoms with Crippen LogP contribution in [-0.2, 0) is 6.54 Å². The van der Waals surface area contributed by atoms with Gasteiger partial charge < -0.3 is 5.32 Å². The van der Waals surface area contributed by atoms with E-state index in [2.05, 4.69) is 57.4 Å².